The van der Waals surface area contributed by atoms with Gasteiger partial charge in [0.05, 0.1) is 7.11 Å². The molecule has 1 aromatic heterocycles. The van der Waals surface area contributed by atoms with Crippen molar-refractivity contribution in [3.63, 3.8) is 0 Å². The van der Waals surface area contributed by atoms with E-state index in [4.69, 9.17) is 4.74 Å². The van der Waals surface area contributed by atoms with Gasteiger partial charge in [0.25, 0.3) is 5.56 Å². The molecule has 1 fully saturated rings. The topological polar surface area (TPSA) is 88.2 Å². The number of H-pyrrole nitrogens is 1. The molecule has 0 radical (unpaired) electrons. The van der Waals surface area contributed by atoms with E-state index in [2.05, 4.69) is 15.2 Å². The highest BCUT2D eigenvalue weighted by Gasteiger charge is 2.17. The van der Waals surface area contributed by atoms with Crippen LogP contribution in [-0.2, 0) is 11.2 Å². The van der Waals surface area contributed by atoms with E-state index in [1.54, 1.807) is 13.2 Å². The normalized spacial score (nSPS) is 14.4. The van der Waals surface area contributed by atoms with Crippen molar-refractivity contribution in [3.8, 4) is 17.1 Å². The number of rotatable bonds is 5. The van der Waals surface area contributed by atoms with Gasteiger partial charge in [-0.2, -0.15) is 11.8 Å². The summed E-state index contributed by atoms with van der Waals surface area (Å²) in [6.45, 7) is 1.56. The van der Waals surface area contributed by atoms with Gasteiger partial charge in [0.15, 0.2) is 5.82 Å². The number of benzene rings is 1. The Labute approximate surface area is 149 Å². The number of nitrogens with zero attached hydrogens (tertiary/aromatic N) is 3. The lowest BCUT2D eigenvalue weighted by atomic mass is 10.2. The Morgan fingerprint density at radius 1 is 1.32 bits per heavy atom. The number of hydrogen-bond acceptors (Lipinski definition) is 6. The zero-order valence-corrected chi connectivity index (χ0v) is 14.8. The van der Waals surface area contributed by atoms with Crippen LogP contribution in [0, 0.1) is 0 Å². The minimum Gasteiger partial charge on any atom is -0.497 e. The van der Waals surface area contributed by atoms with Crippen LogP contribution in [0.5, 0.6) is 5.75 Å². The lowest BCUT2D eigenvalue weighted by molar-refractivity contribution is -0.130. The molecule has 25 heavy (non-hydrogen) atoms. The van der Waals surface area contributed by atoms with Crippen molar-refractivity contribution in [2.45, 2.75) is 12.8 Å². The van der Waals surface area contributed by atoms with E-state index in [1.165, 1.54) is 0 Å². The second kappa shape index (κ2) is 8.15. The van der Waals surface area contributed by atoms with Crippen molar-refractivity contribution in [1.29, 1.82) is 0 Å². The quantitative estimate of drug-likeness (QED) is 0.866. The molecule has 7 nitrogen and oxygen atoms in total. The van der Waals surface area contributed by atoms with E-state index in [9.17, 15) is 9.59 Å². The molecule has 1 aliphatic rings. The number of amides is 1. The third-order valence-electron chi connectivity index (χ3n) is 4.05. The van der Waals surface area contributed by atoms with Gasteiger partial charge in [-0.1, -0.05) is 12.1 Å². The first-order valence-electron chi connectivity index (χ1n) is 8.13. The average Bonchev–Trinajstić information content (AvgIpc) is 2.67. The van der Waals surface area contributed by atoms with Crippen LogP contribution in [0.1, 0.15) is 12.1 Å². The molecule has 1 saturated heterocycles. The molecule has 2 aromatic rings. The van der Waals surface area contributed by atoms with Crippen molar-refractivity contribution in [3.05, 3.63) is 40.3 Å². The second-order valence-corrected chi connectivity index (χ2v) is 6.90. The number of aryl methyl sites for hydroxylation is 1. The molecular formula is C17H20N4O3S. The molecule has 0 aliphatic carbocycles. The van der Waals surface area contributed by atoms with Crippen molar-refractivity contribution >= 4 is 17.7 Å². The number of aromatic amines is 1. The SMILES string of the molecule is COc1cccc(-c2nnc(CCC(=O)N3CCSCC3)c(=O)[nH]2)c1. The fraction of sp³-hybridized carbons (Fsp3) is 0.412. The van der Waals surface area contributed by atoms with E-state index < -0.39 is 0 Å². The third-order valence-corrected chi connectivity index (χ3v) is 4.99. The van der Waals surface area contributed by atoms with Gasteiger partial charge in [-0.15, -0.1) is 10.2 Å². The van der Waals surface area contributed by atoms with E-state index in [0.29, 0.717) is 18.0 Å². The number of hydrogen-bond donors (Lipinski definition) is 1. The Kier molecular flexibility index (Phi) is 5.70. The van der Waals surface area contributed by atoms with E-state index in [-0.39, 0.29) is 23.6 Å². The summed E-state index contributed by atoms with van der Waals surface area (Å²) in [5.74, 6) is 3.07. The van der Waals surface area contributed by atoms with Crippen molar-refractivity contribution in [2.75, 3.05) is 31.7 Å². The van der Waals surface area contributed by atoms with Crippen molar-refractivity contribution < 1.29 is 9.53 Å². The summed E-state index contributed by atoms with van der Waals surface area (Å²) in [4.78, 5) is 29.0. The molecule has 0 saturated carbocycles. The Hall–Kier alpha value is -2.35. The Balaban J connectivity index is 1.67. The predicted octanol–water partition coefficient (Wildman–Crippen LogP) is 1.35. The molecule has 1 aliphatic heterocycles. The Morgan fingerprint density at radius 3 is 2.84 bits per heavy atom. The summed E-state index contributed by atoms with van der Waals surface area (Å²) in [6.07, 6.45) is 0.574. The maximum atomic E-state index is 12.2. The van der Waals surface area contributed by atoms with E-state index in [0.717, 1.165) is 30.2 Å². The molecule has 0 spiro atoms. The molecular weight excluding hydrogens is 340 g/mol. The minimum atomic E-state index is -0.310. The first-order valence-corrected chi connectivity index (χ1v) is 9.28. The van der Waals surface area contributed by atoms with Gasteiger partial charge in [-0.25, -0.2) is 0 Å². The molecule has 1 aromatic carbocycles. The third kappa shape index (κ3) is 4.39. The van der Waals surface area contributed by atoms with Crippen LogP contribution in [0.15, 0.2) is 29.1 Å². The van der Waals surface area contributed by atoms with Gasteiger partial charge >= 0.3 is 0 Å². The van der Waals surface area contributed by atoms with Crippen molar-refractivity contribution in [1.82, 2.24) is 20.1 Å². The molecule has 0 unspecified atom stereocenters. The molecule has 1 N–H and O–H groups in total. The van der Waals surface area contributed by atoms with Gasteiger partial charge in [-0.3, -0.25) is 9.59 Å². The van der Waals surface area contributed by atoms with Crippen LogP contribution in [-0.4, -0.2) is 57.7 Å². The predicted molar refractivity (Wildman–Crippen MR) is 96.9 cm³/mol. The molecule has 0 bridgehead atoms. The van der Waals surface area contributed by atoms with Crippen LogP contribution < -0.4 is 10.3 Å². The molecule has 8 heteroatoms. The highest BCUT2D eigenvalue weighted by Crippen LogP contribution is 2.19. The Bertz CT molecular complexity index is 802. The first-order chi connectivity index (χ1) is 12.2. The number of carbonyl (C=O) groups excluding carboxylic acids is 1. The number of carbonyl (C=O) groups is 1. The lowest BCUT2D eigenvalue weighted by Crippen LogP contribution is -2.38. The van der Waals surface area contributed by atoms with Crippen LogP contribution in [0.25, 0.3) is 11.4 Å². The van der Waals surface area contributed by atoms with Gasteiger partial charge in [0.2, 0.25) is 5.91 Å². The minimum absolute atomic E-state index is 0.0679. The van der Waals surface area contributed by atoms with Gasteiger partial charge in [0, 0.05) is 43.0 Å². The highest BCUT2D eigenvalue weighted by molar-refractivity contribution is 7.99. The number of nitrogens with one attached hydrogen (secondary N) is 1. The Morgan fingerprint density at radius 2 is 2.12 bits per heavy atom. The molecule has 1 amide bonds. The maximum absolute atomic E-state index is 12.2. The molecule has 132 valence electrons. The zero-order valence-electron chi connectivity index (χ0n) is 14.0. The summed E-state index contributed by atoms with van der Waals surface area (Å²) >= 11 is 1.85. The molecule has 0 atom stereocenters. The largest absolute Gasteiger partial charge is 0.497 e. The molecule has 2 heterocycles. The van der Waals surface area contributed by atoms with Crippen LogP contribution in [0.4, 0.5) is 0 Å². The fourth-order valence-electron chi connectivity index (χ4n) is 2.62. The summed E-state index contributed by atoms with van der Waals surface area (Å²) < 4.78 is 5.17. The summed E-state index contributed by atoms with van der Waals surface area (Å²) in [5.41, 5.74) is 0.693. The fourth-order valence-corrected chi connectivity index (χ4v) is 3.52. The second-order valence-electron chi connectivity index (χ2n) is 5.67. The molecule has 3 rings (SSSR count). The van der Waals surface area contributed by atoms with Crippen LogP contribution in [0.2, 0.25) is 0 Å². The van der Waals surface area contributed by atoms with Crippen LogP contribution >= 0.6 is 11.8 Å². The monoisotopic (exact) mass is 360 g/mol. The maximum Gasteiger partial charge on any atom is 0.273 e. The van der Waals surface area contributed by atoms with Gasteiger partial charge in [0.1, 0.15) is 11.4 Å². The van der Waals surface area contributed by atoms with Gasteiger partial charge in [-0.05, 0) is 12.1 Å². The highest BCUT2D eigenvalue weighted by atomic mass is 32.2. The zero-order chi connectivity index (χ0) is 17.6. The number of thioether (sulfide) groups is 1. The lowest BCUT2D eigenvalue weighted by Gasteiger charge is -2.26. The standard InChI is InChI=1S/C17H20N4O3S/c1-24-13-4-2-3-12(11-13)16-18-17(23)14(19-20-16)5-6-15(22)21-7-9-25-10-8-21/h2-4,11H,5-10H2,1H3,(H,18,20,23). The summed E-state index contributed by atoms with van der Waals surface area (Å²) in [7, 11) is 1.58. The van der Waals surface area contributed by atoms with Gasteiger partial charge < -0.3 is 14.6 Å². The van der Waals surface area contributed by atoms with E-state index in [1.807, 2.05) is 34.9 Å². The number of aromatic nitrogens is 3. The van der Waals surface area contributed by atoms with Crippen LogP contribution in [0.3, 0.4) is 0 Å². The summed E-state index contributed by atoms with van der Waals surface area (Å²) in [5, 5.41) is 8.10. The number of methoxy groups -OCH3 is 1. The first kappa shape index (κ1) is 17.5. The number of ether oxygens (including phenoxy) is 1. The smallest absolute Gasteiger partial charge is 0.273 e. The van der Waals surface area contributed by atoms with E-state index >= 15 is 0 Å². The van der Waals surface area contributed by atoms with Crippen molar-refractivity contribution in [2.24, 2.45) is 0 Å². The summed E-state index contributed by atoms with van der Waals surface area (Å²) in [6, 6.07) is 7.23. The average molecular weight is 360 g/mol.